The monoisotopic (exact) mass is 424 g/mol. The molecule has 0 aliphatic rings. The van der Waals surface area contributed by atoms with Crippen molar-refractivity contribution in [2.75, 3.05) is 4.72 Å². The summed E-state index contributed by atoms with van der Waals surface area (Å²) in [5, 5.41) is 14.4. The van der Waals surface area contributed by atoms with Gasteiger partial charge in [0, 0.05) is 23.4 Å². The molecule has 9 nitrogen and oxygen atoms in total. The van der Waals surface area contributed by atoms with Crippen molar-refractivity contribution in [3.8, 4) is 0 Å². The van der Waals surface area contributed by atoms with Gasteiger partial charge >= 0.3 is 0 Å². The van der Waals surface area contributed by atoms with Crippen molar-refractivity contribution < 1.29 is 18.1 Å². The second-order valence-corrected chi connectivity index (χ2v) is 7.73. The Kier molecular flexibility index (Phi) is 6.18. The summed E-state index contributed by atoms with van der Waals surface area (Å²) >= 11 is 0. The van der Waals surface area contributed by atoms with E-state index in [9.17, 15) is 23.3 Å². The average Bonchev–Trinajstić information content (AvgIpc) is 2.75. The lowest BCUT2D eigenvalue weighted by molar-refractivity contribution is -0.384. The number of nitro groups is 1. The van der Waals surface area contributed by atoms with Crippen LogP contribution in [0.2, 0.25) is 0 Å². The van der Waals surface area contributed by atoms with Crippen molar-refractivity contribution in [1.29, 1.82) is 0 Å². The highest BCUT2D eigenvalue weighted by Crippen LogP contribution is 2.16. The minimum Gasteiger partial charge on any atom is -0.280 e. The summed E-state index contributed by atoms with van der Waals surface area (Å²) in [6.45, 7) is 0. The van der Waals surface area contributed by atoms with E-state index in [1.807, 2.05) is 0 Å². The van der Waals surface area contributed by atoms with E-state index >= 15 is 0 Å². The summed E-state index contributed by atoms with van der Waals surface area (Å²) in [5.41, 5.74) is 3.46. The first-order chi connectivity index (χ1) is 14.3. The van der Waals surface area contributed by atoms with Crippen molar-refractivity contribution in [2.45, 2.75) is 4.90 Å². The number of nitro benzene ring substituents is 1. The predicted octanol–water partition coefficient (Wildman–Crippen LogP) is 3.16. The number of nitrogens with one attached hydrogen (secondary N) is 2. The number of rotatable bonds is 7. The van der Waals surface area contributed by atoms with Crippen LogP contribution in [0.4, 0.5) is 11.4 Å². The molecule has 3 aromatic carbocycles. The molecule has 0 fully saturated rings. The van der Waals surface area contributed by atoms with Crippen molar-refractivity contribution >= 4 is 33.5 Å². The molecule has 0 radical (unpaired) electrons. The molecule has 152 valence electrons. The second-order valence-electron chi connectivity index (χ2n) is 6.04. The molecule has 2 N–H and O–H groups in total. The van der Waals surface area contributed by atoms with E-state index in [0.717, 1.165) is 0 Å². The average molecular weight is 424 g/mol. The Morgan fingerprint density at radius 1 is 0.933 bits per heavy atom. The Labute approximate surface area is 172 Å². The number of non-ortho nitro benzene ring substituents is 1. The summed E-state index contributed by atoms with van der Waals surface area (Å²) in [5.74, 6) is -0.495. The minimum atomic E-state index is -3.72. The number of benzene rings is 3. The fraction of sp³-hybridized carbons (Fsp3) is 0. The van der Waals surface area contributed by atoms with Gasteiger partial charge < -0.3 is 0 Å². The van der Waals surface area contributed by atoms with E-state index in [4.69, 9.17) is 0 Å². The van der Waals surface area contributed by atoms with E-state index in [2.05, 4.69) is 15.2 Å². The first-order valence-electron chi connectivity index (χ1n) is 8.61. The molecule has 0 bridgehead atoms. The fourth-order valence-electron chi connectivity index (χ4n) is 2.42. The first kappa shape index (κ1) is 20.7. The van der Waals surface area contributed by atoms with Gasteiger partial charge in [-0.15, -0.1) is 0 Å². The third-order valence-corrected chi connectivity index (χ3v) is 5.33. The van der Waals surface area contributed by atoms with Gasteiger partial charge in [0.1, 0.15) is 0 Å². The number of anilines is 1. The number of carbonyl (C=O) groups excluding carboxylic acids is 1. The van der Waals surface area contributed by atoms with E-state index < -0.39 is 20.9 Å². The van der Waals surface area contributed by atoms with Crippen LogP contribution in [0.1, 0.15) is 15.9 Å². The van der Waals surface area contributed by atoms with Crippen molar-refractivity contribution in [3.05, 3.63) is 100 Å². The largest absolute Gasteiger partial charge is 0.280 e. The zero-order valence-corrected chi connectivity index (χ0v) is 16.2. The van der Waals surface area contributed by atoms with Crippen LogP contribution in [-0.2, 0) is 10.0 Å². The summed E-state index contributed by atoms with van der Waals surface area (Å²) in [6.07, 6.45) is 1.35. The van der Waals surface area contributed by atoms with Crippen LogP contribution in [0.5, 0.6) is 0 Å². The smallest absolute Gasteiger partial charge is 0.271 e. The molecular weight excluding hydrogens is 408 g/mol. The molecule has 1 amide bonds. The van der Waals surface area contributed by atoms with Crippen molar-refractivity contribution in [2.24, 2.45) is 5.10 Å². The molecule has 0 saturated heterocycles. The van der Waals surface area contributed by atoms with Gasteiger partial charge in [-0.25, -0.2) is 13.8 Å². The van der Waals surface area contributed by atoms with Crippen LogP contribution < -0.4 is 10.1 Å². The Balaban J connectivity index is 1.60. The normalized spacial score (nSPS) is 11.2. The number of sulfonamides is 1. The Morgan fingerprint density at radius 2 is 1.57 bits per heavy atom. The maximum absolute atomic E-state index is 12.3. The van der Waals surface area contributed by atoms with Crippen LogP contribution >= 0.6 is 0 Å². The molecule has 0 aromatic heterocycles. The number of amides is 1. The van der Waals surface area contributed by atoms with E-state index in [1.54, 1.807) is 18.2 Å². The molecule has 0 heterocycles. The third-order valence-electron chi connectivity index (χ3n) is 3.94. The van der Waals surface area contributed by atoms with Crippen LogP contribution in [0.25, 0.3) is 0 Å². The molecule has 3 aromatic rings. The van der Waals surface area contributed by atoms with Gasteiger partial charge in [0.15, 0.2) is 0 Å². The highest BCUT2D eigenvalue weighted by Gasteiger charge is 2.13. The van der Waals surface area contributed by atoms with E-state index in [-0.39, 0.29) is 16.1 Å². The minimum absolute atomic E-state index is 0.0424. The van der Waals surface area contributed by atoms with Gasteiger partial charge in [0.05, 0.1) is 16.0 Å². The van der Waals surface area contributed by atoms with Crippen LogP contribution in [-0.4, -0.2) is 25.5 Å². The Bertz CT molecular complexity index is 1180. The topological polar surface area (TPSA) is 131 Å². The second kappa shape index (κ2) is 8.97. The summed E-state index contributed by atoms with van der Waals surface area (Å²) in [4.78, 5) is 22.4. The molecule has 0 unspecified atom stereocenters. The number of hydrogen-bond acceptors (Lipinski definition) is 6. The molecule has 0 aliphatic carbocycles. The lowest BCUT2D eigenvalue weighted by atomic mass is 10.2. The number of hydrogen-bond donors (Lipinski definition) is 2. The molecule has 0 saturated carbocycles. The lowest BCUT2D eigenvalue weighted by Crippen LogP contribution is -2.18. The van der Waals surface area contributed by atoms with Gasteiger partial charge in [-0.2, -0.15) is 5.10 Å². The maximum atomic E-state index is 12.3. The maximum Gasteiger partial charge on any atom is 0.271 e. The summed E-state index contributed by atoms with van der Waals surface area (Å²) < 4.78 is 27.1. The van der Waals surface area contributed by atoms with Gasteiger partial charge in [-0.1, -0.05) is 18.2 Å². The molecule has 30 heavy (non-hydrogen) atoms. The third kappa shape index (κ3) is 5.26. The first-order valence-corrected chi connectivity index (χ1v) is 10.1. The van der Waals surface area contributed by atoms with Crippen molar-refractivity contribution in [3.63, 3.8) is 0 Å². The fourth-order valence-corrected chi connectivity index (χ4v) is 3.50. The zero-order chi connectivity index (χ0) is 21.6. The van der Waals surface area contributed by atoms with E-state index in [1.165, 1.54) is 66.9 Å². The van der Waals surface area contributed by atoms with E-state index in [0.29, 0.717) is 11.3 Å². The Morgan fingerprint density at radius 3 is 2.17 bits per heavy atom. The molecule has 0 spiro atoms. The van der Waals surface area contributed by atoms with Gasteiger partial charge in [-0.3, -0.25) is 19.6 Å². The van der Waals surface area contributed by atoms with Crippen molar-refractivity contribution in [1.82, 2.24) is 5.43 Å². The lowest BCUT2D eigenvalue weighted by Gasteiger charge is -2.08. The standard InChI is InChI=1S/C20H16N4O5S/c25-20(22-21-14-15-6-12-18(13-7-15)24(26)27)16-8-10-17(11-9-16)23-30(28,29)19-4-2-1-3-5-19/h1-14,23H,(H,22,25). The number of hydrazone groups is 1. The zero-order valence-electron chi connectivity index (χ0n) is 15.4. The number of nitrogens with zero attached hydrogens (tertiary/aromatic N) is 2. The molecule has 3 rings (SSSR count). The highest BCUT2D eigenvalue weighted by molar-refractivity contribution is 7.92. The van der Waals surface area contributed by atoms with Crippen LogP contribution in [0.3, 0.4) is 0 Å². The van der Waals surface area contributed by atoms with Gasteiger partial charge in [-0.05, 0) is 54.1 Å². The summed E-state index contributed by atoms with van der Waals surface area (Å²) in [7, 11) is -3.72. The molecule has 0 atom stereocenters. The molecule has 10 heteroatoms. The SMILES string of the molecule is O=C(NN=Cc1ccc([N+](=O)[O-])cc1)c1ccc(NS(=O)(=O)c2ccccc2)cc1. The molecular formula is C20H16N4O5S. The van der Waals surface area contributed by atoms with Gasteiger partial charge in [0.25, 0.3) is 21.6 Å². The highest BCUT2D eigenvalue weighted by atomic mass is 32.2. The Hall–Kier alpha value is -4.05. The quantitative estimate of drug-likeness (QED) is 0.342. The summed E-state index contributed by atoms with van der Waals surface area (Å²) in [6, 6.07) is 19.4. The predicted molar refractivity (Wildman–Crippen MR) is 112 cm³/mol. The van der Waals surface area contributed by atoms with Crippen LogP contribution in [0, 0.1) is 10.1 Å². The van der Waals surface area contributed by atoms with Crippen LogP contribution in [0.15, 0.2) is 88.9 Å². The number of carbonyl (C=O) groups is 1. The molecule has 0 aliphatic heterocycles. The van der Waals surface area contributed by atoms with Gasteiger partial charge in [0.2, 0.25) is 0 Å².